The molecule has 6 heteroatoms. The van der Waals surface area contributed by atoms with Gasteiger partial charge in [-0.05, 0) is 18.6 Å². The number of carbonyl (C=O) groups excluding carboxylic acids is 1. The zero-order chi connectivity index (χ0) is 11.5. The molecule has 0 aliphatic heterocycles. The Kier molecular flexibility index (Phi) is 2.55. The monoisotopic (exact) mass is 219 g/mol. The molecule has 0 atom stereocenters. The first-order valence-corrected chi connectivity index (χ1v) is 4.59. The molecule has 6 nitrogen and oxygen atoms in total. The van der Waals surface area contributed by atoms with Gasteiger partial charge in [-0.1, -0.05) is 18.2 Å². The van der Waals surface area contributed by atoms with Gasteiger partial charge >= 0.3 is 11.7 Å². The average Bonchev–Trinajstić information content (AvgIpc) is 2.65. The standard InChI is InChI=1S/C10H9N3O3/c1-7-4-2-3-5-8(7)9(14)16-13-6-11-12-10(13)15/h2-6H,1H3,(H,12,15). The SMILES string of the molecule is Cc1ccccc1C(=O)On1cn[nH]c1=O. The van der Waals surface area contributed by atoms with Gasteiger partial charge in [0.15, 0.2) is 6.33 Å². The van der Waals surface area contributed by atoms with Crippen molar-refractivity contribution >= 4 is 5.97 Å². The van der Waals surface area contributed by atoms with Gasteiger partial charge < -0.3 is 4.84 Å². The normalized spacial score (nSPS) is 10.1. The third kappa shape index (κ3) is 1.85. The van der Waals surface area contributed by atoms with Crippen molar-refractivity contribution in [1.29, 1.82) is 0 Å². The van der Waals surface area contributed by atoms with E-state index in [0.717, 1.165) is 16.6 Å². The van der Waals surface area contributed by atoms with Gasteiger partial charge in [0.05, 0.1) is 5.56 Å². The quantitative estimate of drug-likeness (QED) is 0.779. The molecule has 0 unspecified atom stereocenters. The molecule has 82 valence electrons. The number of aromatic nitrogens is 3. The Balaban J connectivity index is 2.25. The lowest BCUT2D eigenvalue weighted by Crippen LogP contribution is -2.28. The van der Waals surface area contributed by atoms with E-state index in [1.165, 1.54) is 0 Å². The summed E-state index contributed by atoms with van der Waals surface area (Å²) in [5.74, 6) is -0.596. The number of carbonyl (C=O) groups is 1. The molecule has 1 aromatic heterocycles. The first-order chi connectivity index (χ1) is 7.68. The lowest BCUT2D eigenvalue weighted by molar-refractivity contribution is 0.0442. The van der Waals surface area contributed by atoms with Crippen LogP contribution >= 0.6 is 0 Å². The third-order valence-electron chi connectivity index (χ3n) is 2.07. The zero-order valence-corrected chi connectivity index (χ0v) is 8.51. The number of hydrogen-bond donors (Lipinski definition) is 1. The van der Waals surface area contributed by atoms with Crippen molar-refractivity contribution in [3.05, 3.63) is 52.2 Å². The second kappa shape index (κ2) is 4.01. The van der Waals surface area contributed by atoms with Crippen molar-refractivity contribution in [2.45, 2.75) is 6.92 Å². The number of nitrogens with one attached hydrogen (secondary N) is 1. The molecule has 16 heavy (non-hydrogen) atoms. The molecule has 0 saturated carbocycles. The molecule has 2 aromatic rings. The molecular formula is C10H9N3O3. The van der Waals surface area contributed by atoms with E-state index in [0.29, 0.717) is 5.56 Å². The fraction of sp³-hybridized carbons (Fsp3) is 0.100. The summed E-state index contributed by atoms with van der Waals surface area (Å²) in [5.41, 5.74) is 0.599. The van der Waals surface area contributed by atoms with Crippen LogP contribution in [-0.4, -0.2) is 20.9 Å². The molecule has 0 saturated heterocycles. The molecule has 0 fully saturated rings. The number of benzene rings is 1. The van der Waals surface area contributed by atoms with Gasteiger partial charge in [0.2, 0.25) is 0 Å². The Labute approximate surface area is 90.4 Å². The van der Waals surface area contributed by atoms with Crippen LogP contribution in [0.25, 0.3) is 0 Å². The predicted molar refractivity (Wildman–Crippen MR) is 54.9 cm³/mol. The van der Waals surface area contributed by atoms with Gasteiger partial charge in [-0.25, -0.2) is 14.7 Å². The van der Waals surface area contributed by atoms with E-state index in [9.17, 15) is 9.59 Å². The first kappa shape index (κ1) is 10.2. The molecule has 0 radical (unpaired) electrons. The highest BCUT2D eigenvalue weighted by Gasteiger charge is 2.12. The summed E-state index contributed by atoms with van der Waals surface area (Å²) in [6, 6.07) is 6.95. The van der Waals surface area contributed by atoms with Crippen LogP contribution in [0, 0.1) is 6.92 Å². The Morgan fingerprint density at radius 1 is 1.44 bits per heavy atom. The van der Waals surface area contributed by atoms with Crippen molar-refractivity contribution in [2.24, 2.45) is 0 Å². The summed E-state index contributed by atoms with van der Waals surface area (Å²) in [6.07, 6.45) is 1.10. The second-order valence-corrected chi connectivity index (χ2v) is 3.18. The van der Waals surface area contributed by atoms with Crippen LogP contribution < -0.4 is 10.5 Å². The second-order valence-electron chi connectivity index (χ2n) is 3.18. The number of rotatable bonds is 2. The van der Waals surface area contributed by atoms with Crippen LogP contribution in [0.5, 0.6) is 0 Å². The molecular weight excluding hydrogens is 210 g/mol. The minimum atomic E-state index is -0.596. The maximum Gasteiger partial charge on any atom is 0.376 e. The maximum atomic E-state index is 11.7. The summed E-state index contributed by atoms with van der Waals surface area (Å²) < 4.78 is 0.745. The third-order valence-corrected chi connectivity index (χ3v) is 2.07. The molecule has 0 amide bonds. The number of aromatic amines is 1. The van der Waals surface area contributed by atoms with Crippen LogP contribution in [0.4, 0.5) is 0 Å². The smallest absolute Gasteiger partial charge is 0.325 e. The number of aryl methyl sites for hydroxylation is 1. The Bertz CT molecular complexity index is 570. The van der Waals surface area contributed by atoms with Crippen LogP contribution in [-0.2, 0) is 0 Å². The largest absolute Gasteiger partial charge is 0.376 e. The number of H-pyrrole nitrogens is 1. The van der Waals surface area contributed by atoms with Crippen LogP contribution in [0.1, 0.15) is 15.9 Å². The van der Waals surface area contributed by atoms with Gasteiger partial charge in [-0.3, -0.25) is 0 Å². The Morgan fingerprint density at radius 2 is 2.19 bits per heavy atom. The lowest BCUT2D eigenvalue weighted by Gasteiger charge is -2.04. The van der Waals surface area contributed by atoms with E-state index in [1.807, 2.05) is 6.07 Å². The zero-order valence-electron chi connectivity index (χ0n) is 8.51. The topological polar surface area (TPSA) is 77.0 Å². The van der Waals surface area contributed by atoms with Gasteiger partial charge in [-0.2, -0.15) is 5.10 Å². The molecule has 1 N–H and O–H groups in total. The van der Waals surface area contributed by atoms with Crippen LogP contribution in [0.15, 0.2) is 35.4 Å². The van der Waals surface area contributed by atoms with Crippen molar-refractivity contribution in [3.63, 3.8) is 0 Å². The Hall–Kier alpha value is -2.37. The highest BCUT2D eigenvalue weighted by atomic mass is 16.7. The van der Waals surface area contributed by atoms with Gasteiger partial charge in [0, 0.05) is 0 Å². The van der Waals surface area contributed by atoms with Gasteiger partial charge in [-0.15, -0.1) is 4.73 Å². The van der Waals surface area contributed by atoms with E-state index in [1.54, 1.807) is 25.1 Å². The summed E-state index contributed by atoms with van der Waals surface area (Å²) >= 11 is 0. The van der Waals surface area contributed by atoms with Crippen molar-refractivity contribution in [3.8, 4) is 0 Å². The summed E-state index contributed by atoms with van der Waals surface area (Å²) in [4.78, 5) is 27.5. The number of hydrogen-bond acceptors (Lipinski definition) is 4. The lowest BCUT2D eigenvalue weighted by atomic mass is 10.1. The molecule has 2 rings (SSSR count). The van der Waals surface area contributed by atoms with Crippen LogP contribution in [0.3, 0.4) is 0 Å². The summed E-state index contributed by atoms with van der Waals surface area (Å²) in [7, 11) is 0. The predicted octanol–water partition coefficient (Wildman–Crippen LogP) is 0.149. The van der Waals surface area contributed by atoms with E-state index >= 15 is 0 Å². The molecule has 0 aliphatic carbocycles. The minimum absolute atomic E-state index is 0.413. The summed E-state index contributed by atoms with van der Waals surface area (Å²) in [6.45, 7) is 1.79. The fourth-order valence-electron chi connectivity index (χ4n) is 1.24. The van der Waals surface area contributed by atoms with Crippen molar-refractivity contribution in [1.82, 2.24) is 14.9 Å². The fourth-order valence-corrected chi connectivity index (χ4v) is 1.24. The molecule has 1 heterocycles. The molecule has 0 bridgehead atoms. The highest BCUT2D eigenvalue weighted by molar-refractivity contribution is 5.91. The van der Waals surface area contributed by atoms with E-state index in [-0.39, 0.29) is 0 Å². The Morgan fingerprint density at radius 3 is 2.81 bits per heavy atom. The van der Waals surface area contributed by atoms with E-state index in [4.69, 9.17) is 4.84 Å². The van der Waals surface area contributed by atoms with E-state index in [2.05, 4.69) is 10.2 Å². The maximum absolute atomic E-state index is 11.7. The summed E-state index contributed by atoms with van der Waals surface area (Å²) in [5, 5.41) is 5.56. The first-order valence-electron chi connectivity index (χ1n) is 4.59. The molecule has 0 spiro atoms. The molecule has 0 aliphatic rings. The van der Waals surface area contributed by atoms with Crippen molar-refractivity contribution in [2.75, 3.05) is 0 Å². The average molecular weight is 219 g/mol. The van der Waals surface area contributed by atoms with Gasteiger partial charge in [0.1, 0.15) is 0 Å². The van der Waals surface area contributed by atoms with Crippen LogP contribution in [0.2, 0.25) is 0 Å². The van der Waals surface area contributed by atoms with E-state index < -0.39 is 11.7 Å². The van der Waals surface area contributed by atoms with Crippen molar-refractivity contribution < 1.29 is 9.63 Å². The van der Waals surface area contributed by atoms with Gasteiger partial charge in [0.25, 0.3) is 0 Å². The minimum Gasteiger partial charge on any atom is -0.325 e. The highest BCUT2D eigenvalue weighted by Crippen LogP contribution is 2.06. The molecule has 1 aromatic carbocycles. The number of nitrogens with zero attached hydrogens (tertiary/aromatic N) is 2.